The van der Waals surface area contributed by atoms with Crippen molar-refractivity contribution in [2.75, 3.05) is 13.1 Å². The van der Waals surface area contributed by atoms with Gasteiger partial charge >= 0.3 is 0 Å². The molecule has 1 aromatic carbocycles. The molecule has 1 aliphatic rings. The van der Waals surface area contributed by atoms with Crippen LogP contribution in [0.2, 0.25) is 0 Å². The zero-order valence-corrected chi connectivity index (χ0v) is 11.9. The number of likely N-dealkylation sites (tertiary alicyclic amines) is 1. The summed E-state index contributed by atoms with van der Waals surface area (Å²) in [5.74, 6) is 0.911. The largest absolute Gasteiger partial charge is 0.341 e. The normalized spacial score (nSPS) is 17.3. The Kier molecular flexibility index (Phi) is 4.59. The molecule has 1 heterocycles. The van der Waals surface area contributed by atoms with Crippen molar-refractivity contribution in [3.63, 3.8) is 0 Å². The Morgan fingerprint density at radius 3 is 2.47 bits per heavy atom. The van der Waals surface area contributed by atoms with Gasteiger partial charge in [0.2, 0.25) is 5.91 Å². The maximum absolute atomic E-state index is 11.6. The van der Waals surface area contributed by atoms with Gasteiger partial charge < -0.3 is 10.6 Å². The van der Waals surface area contributed by atoms with E-state index >= 15 is 0 Å². The molecular formula is C16H24N2O. The molecule has 1 saturated heterocycles. The Hall–Kier alpha value is -1.35. The molecule has 1 fully saturated rings. The minimum Gasteiger partial charge on any atom is -0.341 e. The predicted molar refractivity (Wildman–Crippen MR) is 77.7 cm³/mol. The molecule has 0 spiro atoms. The van der Waals surface area contributed by atoms with E-state index in [1.54, 1.807) is 0 Å². The summed E-state index contributed by atoms with van der Waals surface area (Å²) in [5.41, 5.74) is 8.66. The molecule has 19 heavy (non-hydrogen) atoms. The first-order chi connectivity index (χ1) is 9.06. The third kappa shape index (κ3) is 3.80. The van der Waals surface area contributed by atoms with E-state index in [9.17, 15) is 4.79 Å². The Morgan fingerprint density at radius 2 is 1.95 bits per heavy atom. The van der Waals surface area contributed by atoms with Crippen LogP contribution in [-0.4, -0.2) is 23.9 Å². The minimum absolute atomic E-state index is 0.0739. The second kappa shape index (κ2) is 6.20. The van der Waals surface area contributed by atoms with Crippen LogP contribution in [0.5, 0.6) is 0 Å². The number of nitrogens with two attached hydrogens (primary N) is 1. The van der Waals surface area contributed by atoms with Crippen molar-refractivity contribution in [3.05, 3.63) is 35.4 Å². The molecule has 0 saturated carbocycles. The van der Waals surface area contributed by atoms with E-state index < -0.39 is 0 Å². The monoisotopic (exact) mass is 260 g/mol. The fourth-order valence-electron chi connectivity index (χ4n) is 2.61. The number of carbonyl (C=O) groups excluding carboxylic acids is 1. The van der Waals surface area contributed by atoms with Crippen molar-refractivity contribution < 1.29 is 4.79 Å². The molecule has 0 radical (unpaired) electrons. The Labute approximate surface area is 115 Å². The zero-order valence-electron chi connectivity index (χ0n) is 11.9. The fourth-order valence-corrected chi connectivity index (χ4v) is 2.61. The van der Waals surface area contributed by atoms with Gasteiger partial charge in [0.15, 0.2) is 0 Å². The molecule has 1 unspecified atom stereocenters. The van der Waals surface area contributed by atoms with Gasteiger partial charge in [-0.25, -0.2) is 0 Å². The number of benzene rings is 1. The lowest BCUT2D eigenvalue weighted by molar-refractivity contribution is -0.127. The quantitative estimate of drug-likeness (QED) is 0.884. The number of hydrogen-bond acceptors (Lipinski definition) is 2. The van der Waals surface area contributed by atoms with E-state index in [-0.39, 0.29) is 11.9 Å². The molecule has 1 aromatic rings. The molecule has 0 aromatic heterocycles. The van der Waals surface area contributed by atoms with Crippen molar-refractivity contribution in [2.24, 2.45) is 11.7 Å². The van der Waals surface area contributed by atoms with Gasteiger partial charge in [0, 0.05) is 25.6 Å². The van der Waals surface area contributed by atoms with Crippen LogP contribution in [0, 0.1) is 5.92 Å². The summed E-state index contributed by atoms with van der Waals surface area (Å²) in [6, 6.07) is 8.43. The van der Waals surface area contributed by atoms with Gasteiger partial charge in [-0.1, -0.05) is 38.1 Å². The van der Waals surface area contributed by atoms with E-state index in [0.29, 0.717) is 18.9 Å². The zero-order chi connectivity index (χ0) is 13.8. The summed E-state index contributed by atoms with van der Waals surface area (Å²) in [6.45, 7) is 5.94. The van der Waals surface area contributed by atoms with E-state index in [1.807, 2.05) is 4.90 Å². The topological polar surface area (TPSA) is 46.3 Å². The van der Waals surface area contributed by atoms with Crippen LogP contribution in [0.1, 0.15) is 43.9 Å². The third-order valence-electron chi connectivity index (χ3n) is 3.64. The van der Waals surface area contributed by atoms with E-state index in [4.69, 9.17) is 5.73 Å². The van der Waals surface area contributed by atoms with Gasteiger partial charge in [0.25, 0.3) is 0 Å². The minimum atomic E-state index is -0.0739. The standard InChI is InChI=1S/C16H24N2O/c1-12(2)10-13-5-7-14(8-6-13)15(17)11-18-9-3-4-16(18)19/h5-8,12,15H,3-4,9-11,17H2,1-2H3. The Bertz CT molecular complexity index is 425. The highest BCUT2D eigenvalue weighted by Crippen LogP contribution is 2.18. The molecule has 1 amide bonds. The molecule has 104 valence electrons. The van der Waals surface area contributed by atoms with Gasteiger partial charge in [-0.3, -0.25) is 4.79 Å². The smallest absolute Gasteiger partial charge is 0.222 e. The SMILES string of the molecule is CC(C)Cc1ccc(C(N)CN2CCCC2=O)cc1. The summed E-state index contributed by atoms with van der Waals surface area (Å²) in [7, 11) is 0. The lowest BCUT2D eigenvalue weighted by Gasteiger charge is -2.21. The summed E-state index contributed by atoms with van der Waals surface area (Å²) < 4.78 is 0. The summed E-state index contributed by atoms with van der Waals surface area (Å²) in [6.07, 6.45) is 2.75. The molecule has 0 aliphatic carbocycles. The molecular weight excluding hydrogens is 236 g/mol. The van der Waals surface area contributed by atoms with Gasteiger partial charge in [-0.05, 0) is 29.9 Å². The maximum Gasteiger partial charge on any atom is 0.222 e. The van der Waals surface area contributed by atoms with Crippen molar-refractivity contribution in [3.8, 4) is 0 Å². The van der Waals surface area contributed by atoms with Crippen LogP contribution >= 0.6 is 0 Å². The lowest BCUT2D eigenvalue weighted by Crippen LogP contribution is -2.33. The third-order valence-corrected chi connectivity index (χ3v) is 3.64. The van der Waals surface area contributed by atoms with Gasteiger partial charge in [0.05, 0.1) is 0 Å². The highest BCUT2D eigenvalue weighted by atomic mass is 16.2. The molecule has 2 N–H and O–H groups in total. The Balaban J connectivity index is 1.95. The number of hydrogen-bond donors (Lipinski definition) is 1. The highest BCUT2D eigenvalue weighted by Gasteiger charge is 2.22. The van der Waals surface area contributed by atoms with Crippen molar-refractivity contribution in [1.29, 1.82) is 0 Å². The first kappa shape index (κ1) is 14.1. The summed E-state index contributed by atoms with van der Waals surface area (Å²) >= 11 is 0. The van der Waals surface area contributed by atoms with E-state index in [0.717, 1.165) is 24.9 Å². The molecule has 2 rings (SSSR count). The number of rotatable bonds is 5. The number of amides is 1. The average Bonchev–Trinajstić information content (AvgIpc) is 2.75. The van der Waals surface area contributed by atoms with E-state index in [1.165, 1.54) is 5.56 Å². The molecule has 0 bridgehead atoms. The maximum atomic E-state index is 11.6. The van der Waals surface area contributed by atoms with Crippen LogP contribution < -0.4 is 5.73 Å². The van der Waals surface area contributed by atoms with E-state index in [2.05, 4.69) is 38.1 Å². The molecule has 3 heteroatoms. The molecule has 1 atom stereocenters. The van der Waals surface area contributed by atoms with Crippen LogP contribution in [0.15, 0.2) is 24.3 Å². The second-order valence-corrected chi connectivity index (χ2v) is 5.89. The van der Waals surface area contributed by atoms with Gasteiger partial charge in [-0.15, -0.1) is 0 Å². The summed E-state index contributed by atoms with van der Waals surface area (Å²) in [4.78, 5) is 13.5. The second-order valence-electron chi connectivity index (χ2n) is 5.89. The van der Waals surface area contributed by atoms with Crippen molar-refractivity contribution in [1.82, 2.24) is 4.90 Å². The van der Waals surface area contributed by atoms with Crippen molar-refractivity contribution >= 4 is 5.91 Å². The van der Waals surface area contributed by atoms with Crippen LogP contribution in [0.4, 0.5) is 0 Å². The number of carbonyl (C=O) groups is 1. The lowest BCUT2D eigenvalue weighted by atomic mass is 9.99. The summed E-state index contributed by atoms with van der Waals surface area (Å²) in [5, 5.41) is 0. The predicted octanol–water partition coefficient (Wildman–Crippen LogP) is 2.51. The Morgan fingerprint density at radius 1 is 1.26 bits per heavy atom. The van der Waals surface area contributed by atoms with Crippen LogP contribution in [0.25, 0.3) is 0 Å². The van der Waals surface area contributed by atoms with Crippen LogP contribution in [-0.2, 0) is 11.2 Å². The highest BCUT2D eigenvalue weighted by molar-refractivity contribution is 5.78. The van der Waals surface area contributed by atoms with Gasteiger partial charge in [0.1, 0.15) is 0 Å². The fraction of sp³-hybridized carbons (Fsp3) is 0.562. The molecule has 1 aliphatic heterocycles. The average molecular weight is 260 g/mol. The van der Waals surface area contributed by atoms with Crippen molar-refractivity contribution in [2.45, 2.75) is 39.2 Å². The first-order valence-corrected chi connectivity index (χ1v) is 7.18. The first-order valence-electron chi connectivity index (χ1n) is 7.18. The van der Waals surface area contributed by atoms with Gasteiger partial charge in [-0.2, -0.15) is 0 Å². The number of nitrogens with zero attached hydrogens (tertiary/aromatic N) is 1. The molecule has 3 nitrogen and oxygen atoms in total. The van der Waals surface area contributed by atoms with Crippen LogP contribution in [0.3, 0.4) is 0 Å².